The maximum absolute atomic E-state index is 5.78. The van der Waals surface area contributed by atoms with Crippen molar-refractivity contribution in [2.75, 3.05) is 0 Å². The van der Waals surface area contributed by atoms with E-state index in [9.17, 15) is 0 Å². The highest BCUT2D eigenvalue weighted by molar-refractivity contribution is 4.85. The van der Waals surface area contributed by atoms with Crippen molar-refractivity contribution in [3.8, 4) is 0 Å². The second-order valence-corrected chi connectivity index (χ2v) is 2.91. The van der Waals surface area contributed by atoms with Crippen molar-refractivity contribution in [2.24, 2.45) is 5.73 Å². The van der Waals surface area contributed by atoms with Crippen LogP contribution in [0.3, 0.4) is 0 Å². The van der Waals surface area contributed by atoms with Crippen molar-refractivity contribution < 1.29 is 0 Å². The van der Waals surface area contributed by atoms with Gasteiger partial charge in [0.15, 0.2) is 5.82 Å². The molecule has 0 fully saturated rings. The zero-order valence-corrected chi connectivity index (χ0v) is 6.27. The van der Waals surface area contributed by atoms with E-state index in [0.29, 0.717) is 6.04 Å². The highest BCUT2D eigenvalue weighted by Gasteiger charge is 2.14. The second-order valence-electron chi connectivity index (χ2n) is 2.91. The Morgan fingerprint density at radius 1 is 1.45 bits per heavy atom. The first-order valence-electron chi connectivity index (χ1n) is 3.87. The zero-order chi connectivity index (χ0) is 7.68. The van der Waals surface area contributed by atoms with Crippen molar-refractivity contribution >= 4 is 0 Å². The predicted molar refractivity (Wildman–Crippen MR) is 38.7 cm³/mol. The molecule has 0 radical (unpaired) electrons. The van der Waals surface area contributed by atoms with E-state index in [0.717, 1.165) is 31.6 Å². The standard InChI is InChI=1S/C6H11N5/c7-5-1-2-6-8-9-10-11(6)4-3-5/h5H,1-4,7H2/t5-/m0/s1. The van der Waals surface area contributed by atoms with Crippen LogP contribution in [-0.4, -0.2) is 26.2 Å². The molecule has 2 rings (SSSR count). The molecule has 1 aliphatic heterocycles. The molecule has 60 valence electrons. The molecule has 1 aromatic rings. The van der Waals surface area contributed by atoms with Gasteiger partial charge in [-0.3, -0.25) is 0 Å². The number of aryl methyl sites for hydroxylation is 2. The van der Waals surface area contributed by atoms with E-state index in [1.165, 1.54) is 0 Å². The molecule has 2 N–H and O–H groups in total. The number of hydrogen-bond acceptors (Lipinski definition) is 4. The number of nitrogens with zero attached hydrogens (tertiary/aromatic N) is 4. The van der Waals surface area contributed by atoms with Gasteiger partial charge in [-0.05, 0) is 23.3 Å². The third-order valence-corrected chi connectivity index (χ3v) is 2.06. The fourth-order valence-corrected chi connectivity index (χ4v) is 1.32. The lowest BCUT2D eigenvalue weighted by Gasteiger charge is -2.03. The number of rotatable bonds is 0. The van der Waals surface area contributed by atoms with Gasteiger partial charge in [0.2, 0.25) is 0 Å². The Morgan fingerprint density at radius 3 is 3.27 bits per heavy atom. The van der Waals surface area contributed by atoms with Crippen LogP contribution in [0.25, 0.3) is 0 Å². The molecule has 0 saturated heterocycles. The summed E-state index contributed by atoms with van der Waals surface area (Å²) < 4.78 is 1.84. The Kier molecular flexibility index (Phi) is 1.58. The molecule has 0 unspecified atom stereocenters. The lowest BCUT2D eigenvalue weighted by molar-refractivity contribution is 0.515. The van der Waals surface area contributed by atoms with Crippen molar-refractivity contribution in [3.63, 3.8) is 0 Å². The van der Waals surface area contributed by atoms with Crippen LogP contribution in [0.4, 0.5) is 0 Å². The molecule has 11 heavy (non-hydrogen) atoms. The van der Waals surface area contributed by atoms with Gasteiger partial charge in [-0.1, -0.05) is 0 Å². The van der Waals surface area contributed by atoms with E-state index in [1.54, 1.807) is 0 Å². The van der Waals surface area contributed by atoms with Gasteiger partial charge in [-0.25, -0.2) is 4.68 Å². The molecule has 0 bridgehead atoms. The molecule has 2 heterocycles. The molecular weight excluding hydrogens is 142 g/mol. The summed E-state index contributed by atoms with van der Waals surface area (Å²) in [5.74, 6) is 0.970. The Hall–Kier alpha value is -0.970. The van der Waals surface area contributed by atoms with Crippen LogP contribution >= 0.6 is 0 Å². The average molecular weight is 153 g/mol. The van der Waals surface area contributed by atoms with E-state index >= 15 is 0 Å². The lowest BCUT2D eigenvalue weighted by atomic mass is 10.1. The molecule has 1 atom stereocenters. The largest absolute Gasteiger partial charge is 0.328 e. The van der Waals surface area contributed by atoms with Crippen molar-refractivity contribution in [3.05, 3.63) is 5.82 Å². The third-order valence-electron chi connectivity index (χ3n) is 2.06. The van der Waals surface area contributed by atoms with E-state index in [4.69, 9.17) is 5.73 Å². The van der Waals surface area contributed by atoms with Gasteiger partial charge in [0.05, 0.1) is 0 Å². The van der Waals surface area contributed by atoms with Gasteiger partial charge in [0.25, 0.3) is 0 Å². The number of nitrogens with two attached hydrogens (primary N) is 1. The Morgan fingerprint density at radius 2 is 2.36 bits per heavy atom. The lowest BCUT2D eigenvalue weighted by Crippen LogP contribution is -2.20. The van der Waals surface area contributed by atoms with Crippen LogP contribution in [0, 0.1) is 0 Å². The van der Waals surface area contributed by atoms with E-state index in [1.807, 2.05) is 4.68 Å². The van der Waals surface area contributed by atoms with Gasteiger partial charge < -0.3 is 5.73 Å². The molecule has 1 aromatic heterocycles. The minimum atomic E-state index is 0.304. The summed E-state index contributed by atoms with van der Waals surface area (Å²) in [5, 5.41) is 11.3. The van der Waals surface area contributed by atoms with E-state index < -0.39 is 0 Å². The van der Waals surface area contributed by atoms with Gasteiger partial charge in [0.1, 0.15) is 0 Å². The van der Waals surface area contributed by atoms with Crippen molar-refractivity contribution in [2.45, 2.75) is 31.8 Å². The number of fused-ring (bicyclic) bond motifs is 1. The molecule has 0 amide bonds. The number of tetrazole rings is 1. The minimum Gasteiger partial charge on any atom is -0.328 e. The third kappa shape index (κ3) is 1.23. The summed E-state index contributed by atoms with van der Waals surface area (Å²) in [5.41, 5.74) is 5.78. The maximum Gasteiger partial charge on any atom is 0.151 e. The van der Waals surface area contributed by atoms with Gasteiger partial charge in [-0.2, -0.15) is 0 Å². The van der Waals surface area contributed by atoms with Gasteiger partial charge >= 0.3 is 0 Å². The van der Waals surface area contributed by atoms with Crippen molar-refractivity contribution in [1.29, 1.82) is 0 Å². The zero-order valence-electron chi connectivity index (χ0n) is 6.27. The summed E-state index contributed by atoms with van der Waals surface area (Å²) in [4.78, 5) is 0. The molecular formula is C6H11N5. The Labute approximate surface area is 64.6 Å². The topological polar surface area (TPSA) is 69.6 Å². The fraction of sp³-hybridized carbons (Fsp3) is 0.833. The van der Waals surface area contributed by atoms with Crippen LogP contribution in [0.15, 0.2) is 0 Å². The highest BCUT2D eigenvalue weighted by atomic mass is 15.5. The smallest absolute Gasteiger partial charge is 0.151 e. The Balaban J connectivity index is 2.20. The summed E-state index contributed by atoms with van der Waals surface area (Å²) in [7, 11) is 0. The second kappa shape index (κ2) is 2.58. The first-order chi connectivity index (χ1) is 5.36. The molecule has 1 aliphatic rings. The monoisotopic (exact) mass is 153 g/mol. The Bertz CT molecular complexity index is 220. The maximum atomic E-state index is 5.78. The van der Waals surface area contributed by atoms with Crippen LogP contribution < -0.4 is 5.73 Å². The SMILES string of the molecule is N[C@H]1CCc2nnnn2CC1. The minimum absolute atomic E-state index is 0.304. The average Bonchev–Trinajstić information content (AvgIpc) is 2.38. The van der Waals surface area contributed by atoms with Crippen LogP contribution in [0.5, 0.6) is 0 Å². The molecule has 5 heteroatoms. The number of hydrogen-bond donors (Lipinski definition) is 1. The van der Waals surface area contributed by atoms with Crippen molar-refractivity contribution in [1.82, 2.24) is 20.2 Å². The highest BCUT2D eigenvalue weighted by Crippen LogP contribution is 2.08. The summed E-state index contributed by atoms with van der Waals surface area (Å²) in [6, 6.07) is 0.304. The molecule has 0 saturated carbocycles. The molecule has 0 spiro atoms. The number of aromatic nitrogens is 4. The summed E-state index contributed by atoms with van der Waals surface area (Å²) in [6.07, 6.45) is 2.90. The predicted octanol–water partition coefficient (Wildman–Crippen LogP) is -0.663. The van der Waals surface area contributed by atoms with Gasteiger partial charge in [-0.15, -0.1) is 5.10 Å². The van der Waals surface area contributed by atoms with Crippen LogP contribution in [-0.2, 0) is 13.0 Å². The van der Waals surface area contributed by atoms with E-state index in [-0.39, 0.29) is 0 Å². The first kappa shape index (κ1) is 6.72. The molecule has 5 nitrogen and oxygen atoms in total. The first-order valence-corrected chi connectivity index (χ1v) is 3.87. The van der Waals surface area contributed by atoms with Crippen LogP contribution in [0.1, 0.15) is 18.7 Å². The molecule has 0 aliphatic carbocycles. The summed E-state index contributed by atoms with van der Waals surface area (Å²) in [6.45, 7) is 0.865. The fourth-order valence-electron chi connectivity index (χ4n) is 1.32. The normalized spacial score (nSPS) is 24.3. The van der Waals surface area contributed by atoms with Gasteiger partial charge in [0, 0.05) is 19.0 Å². The van der Waals surface area contributed by atoms with Crippen LogP contribution in [0.2, 0.25) is 0 Å². The van der Waals surface area contributed by atoms with E-state index in [2.05, 4.69) is 15.5 Å². The molecule has 0 aromatic carbocycles. The summed E-state index contributed by atoms with van der Waals surface area (Å²) >= 11 is 0. The quantitative estimate of drug-likeness (QED) is 0.537.